The zero-order valence-electron chi connectivity index (χ0n) is 10.1. The van der Waals surface area contributed by atoms with Gasteiger partial charge in [-0.05, 0) is 24.1 Å². The molecule has 0 fully saturated rings. The molecule has 0 bridgehead atoms. The summed E-state index contributed by atoms with van der Waals surface area (Å²) < 4.78 is 0. The van der Waals surface area contributed by atoms with Gasteiger partial charge in [0, 0.05) is 12.6 Å². The number of rotatable bonds is 6. The minimum atomic E-state index is -0.0675. The van der Waals surface area contributed by atoms with Gasteiger partial charge in [0.25, 0.3) is 0 Å². The molecule has 0 spiro atoms. The van der Waals surface area contributed by atoms with Crippen molar-refractivity contribution in [3.05, 3.63) is 29.8 Å². The van der Waals surface area contributed by atoms with Crippen molar-refractivity contribution in [3.8, 4) is 5.75 Å². The lowest BCUT2D eigenvalue weighted by Crippen LogP contribution is -2.37. The van der Waals surface area contributed by atoms with Crippen LogP contribution < -0.4 is 11.1 Å². The number of carbonyl (C=O) groups is 1. The van der Waals surface area contributed by atoms with Crippen LogP contribution in [-0.2, 0) is 11.2 Å². The molecule has 17 heavy (non-hydrogen) atoms. The Labute approximate surface area is 102 Å². The van der Waals surface area contributed by atoms with Crippen molar-refractivity contribution in [2.45, 2.75) is 32.2 Å². The van der Waals surface area contributed by atoms with Crippen molar-refractivity contribution in [2.75, 3.05) is 6.54 Å². The Balaban J connectivity index is 2.34. The topological polar surface area (TPSA) is 75.3 Å². The summed E-state index contributed by atoms with van der Waals surface area (Å²) in [5.41, 5.74) is 6.59. The van der Waals surface area contributed by atoms with E-state index in [0.717, 1.165) is 18.4 Å². The molecule has 4 N–H and O–H groups in total. The third-order valence-electron chi connectivity index (χ3n) is 2.50. The quantitative estimate of drug-likeness (QED) is 0.694. The van der Waals surface area contributed by atoms with Crippen LogP contribution in [0.2, 0.25) is 0 Å². The Kier molecular flexibility index (Phi) is 5.49. The smallest absolute Gasteiger partial charge is 0.224 e. The molecule has 4 heteroatoms. The molecular formula is C13H20N2O2. The Hall–Kier alpha value is -1.55. The first kappa shape index (κ1) is 13.5. The number of carbonyl (C=O) groups excluding carboxylic acids is 1. The first-order chi connectivity index (χ1) is 8.11. The van der Waals surface area contributed by atoms with E-state index in [4.69, 9.17) is 5.73 Å². The summed E-state index contributed by atoms with van der Waals surface area (Å²) in [6.45, 7) is 2.57. The minimum absolute atomic E-state index is 0.0214. The number of phenols is 1. The molecule has 0 radical (unpaired) electrons. The highest BCUT2D eigenvalue weighted by atomic mass is 16.3. The van der Waals surface area contributed by atoms with Crippen LogP contribution >= 0.6 is 0 Å². The number of amides is 1. The number of hydrogen-bond donors (Lipinski definition) is 3. The fourth-order valence-corrected chi connectivity index (χ4v) is 1.63. The van der Waals surface area contributed by atoms with Crippen LogP contribution in [0.5, 0.6) is 5.75 Å². The molecule has 1 atom stereocenters. The first-order valence-corrected chi connectivity index (χ1v) is 5.92. The SMILES string of the molecule is CCCC(N)CNC(=O)Cc1cccc(O)c1. The maximum absolute atomic E-state index is 11.6. The third kappa shape index (κ3) is 5.36. The summed E-state index contributed by atoms with van der Waals surface area (Å²) in [6.07, 6.45) is 2.20. The van der Waals surface area contributed by atoms with Gasteiger partial charge in [-0.1, -0.05) is 25.5 Å². The molecule has 0 heterocycles. The van der Waals surface area contributed by atoms with Gasteiger partial charge in [-0.3, -0.25) is 4.79 Å². The standard InChI is InChI=1S/C13H20N2O2/c1-2-4-11(14)9-15-13(17)8-10-5-3-6-12(16)7-10/h3,5-7,11,16H,2,4,8-9,14H2,1H3,(H,15,17). The highest BCUT2D eigenvalue weighted by molar-refractivity contribution is 5.78. The summed E-state index contributed by atoms with van der Waals surface area (Å²) in [7, 11) is 0. The molecule has 0 aliphatic rings. The van der Waals surface area contributed by atoms with Crippen LogP contribution in [0.15, 0.2) is 24.3 Å². The Morgan fingerprint density at radius 1 is 1.53 bits per heavy atom. The molecule has 1 aromatic rings. The molecule has 4 nitrogen and oxygen atoms in total. The predicted octanol–water partition coefficient (Wildman–Crippen LogP) is 1.18. The highest BCUT2D eigenvalue weighted by Crippen LogP contribution is 2.11. The van der Waals surface area contributed by atoms with E-state index >= 15 is 0 Å². The van der Waals surface area contributed by atoms with Crippen LogP contribution in [0.1, 0.15) is 25.3 Å². The molecule has 0 aliphatic heterocycles. The lowest BCUT2D eigenvalue weighted by molar-refractivity contribution is -0.120. The van der Waals surface area contributed by atoms with Gasteiger partial charge in [0.05, 0.1) is 6.42 Å². The molecule has 94 valence electrons. The molecule has 0 saturated carbocycles. The normalized spacial score (nSPS) is 12.1. The number of aromatic hydroxyl groups is 1. The summed E-state index contributed by atoms with van der Waals surface area (Å²) in [5.74, 6) is 0.111. The first-order valence-electron chi connectivity index (χ1n) is 5.92. The van der Waals surface area contributed by atoms with E-state index in [0.29, 0.717) is 6.54 Å². The van der Waals surface area contributed by atoms with Crippen molar-refractivity contribution in [1.29, 1.82) is 0 Å². The van der Waals surface area contributed by atoms with E-state index in [2.05, 4.69) is 12.2 Å². The van der Waals surface area contributed by atoms with Crippen molar-refractivity contribution < 1.29 is 9.90 Å². The monoisotopic (exact) mass is 236 g/mol. The number of phenolic OH excluding ortho intramolecular Hbond substituents is 1. The number of nitrogens with one attached hydrogen (secondary N) is 1. The van der Waals surface area contributed by atoms with E-state index in [9.17, 15) is 9.90 Å². The van der Waals surface area contributed by atoms with E-state index < -0.39 is 0 Å². The number of nitrogens with two attached hydrogens (primary N) is 1. The van der Waals surface area contributed by atoms with Crippen LogP contribution in [0.3, 0.4) is 0 Å². The van der Waals surface area contributed by atoms with Crippen LogP contribution in [-0.4, -0.2) is 23.6 Å². The average molecular weight is 236 g/mol. The second-order valence-corrected chi connectivity index (χ2v) is 4.20. The molecule has 0 saturated heterocycles. The van der Waals surface area contributed by atoms with Gasteiger partial charge in [-0.25, -0.2) is 0 Å². The van der Waals surface area contributed by atoms with E-state index in [1.54, 1.807) is 18.2 Å². The minimum Gasteiger partial charge on any atom is -0.508 e. The van der Waals surface area contributed by atoms with E-state index in [-0.39, 0.29) is 24.1 Å². The molecule has 1 rings (SSSR count). The third-order valence-corrected chi connectivity index (χ3v) is 2.50. The van der Waals surface area contributed by atoms with Crippen molar-refractivity contribution in [1.82, 2.24) is 5.32 Å². The average Bonchev–Trinajstić information content (AvgIpc) is 2.27. The van der Waals surface area contributed by atoms with Gasteiger partial charge in [-0.2, -0.15) is 0 Å². The van der Waals surface area contributed by atoms with Gasteiger partial charge in [-0.15, -0.1) is 0 Å². The second kappa shape index (κ2) is 6.91. The zero-order chi connectivity index (χ0) is 12.7. The molecule has 1 unspecified atom stereocenters. The lowest BCUT2D eigenvalue weighted by Gasteiger charge is -2.11. The largest absolute Gasteiger partial charge is 0.508 e. The summed E-state index contributed by atoms with van der Waals surface area (Å²) in [5, 5.41) is 12.1. The maximum Gasteiger partial charge on any atom is 0.224 e. The summed E-state index contributed by atoms with van der Waals surface area (Å²) in [4.78, 5) is 11.6. The number of hydrogen-bond acceptors (Lipinski definition) is 3. The van der Waals surface area contributed by atoms with Crippen molar-refractivity contribution >= 4 is 5.91 Å². The van der Waals surface area contributed by atoms with E-state index in [1.165, 1.54) is 0 Å². The Morgan fingerprint density at radius 2 is 2.29 bits per heavy atom. The molecule has 1 amide bonds. The van der Waals surface area contributed by atoms with Gasteiger partial charge < -0.3 is 16.2 Å². The van der Waals surface area contributed by atoms with E-state index in [1.807, 2.05) is 6.07 Å². The maximum atomic E-state index is 11.6. The lowest BCUT2D eigenvalue weighted by atomic mass is 10.1. The van der Waals surface area contributed by atoms with Crippen LogP contribution in [0, 0.1) is 0 Å². The number of benzene rings is 1. The molecule has 0 aromatic heterocycles. The van der Waals surface area contributed by atoms with Crippen LogP contribution in [0.4, 0.5) is 0 Å². The summed E-state index contributed by atoms with van der Waals surface area (Å²) >= 11 is 0. The Morgan fingerprint density at radius 3 is 2.94 bits per heavy atom. The van der Waals surface area contributed by atoms with Gasteiger partial charge >= 0.3 is 0 Å². The van der Waals surface area contributed by atoms with Gasteiger partial charge in [0.2, 0.25) is 5.91 Å². The molecule has 1 aromatic carbocycles. The molecule has 0 aliphatic carbocycles. The summed E-state index contributed by atoms with van der Waals surface area (Å²) in [6, 6.07) is 6.73. The van der Waals surface area contributed by atoms with Crippen molar-refractivity contribution in [2.24, 2.45) is 5.73 Å². The van der Waals surface area contributed by atoms with Crippen molar-refractivity contribution in [3.63, 3.8) is 0 Å². The second-order valence-electron chi connectivity index (χ2n) is 4.20. The predicted molar refractivity (Wildman–Crippen MR) is 67.7 cm³/mol. The van der Waals surface area contributed by atoms with Gasteiger partial charge in [0.15, 0.2) is 0 Å². The van der Waals surface area contributed by atoms with Crippen LogP contribution in [0.25, 0.3) is 0 Å². The molecular weight excluding hydrogens is 216 g/mol. The fraction of sp³-hybridized carbons (Fsp3) is 0.462. The fourth-order valence-electron chi connectivity index (χ4n) is 1.63. The Bertz CT molecular complexity index is 366. The van der Waals surface area contributed by atoms with Gasteiger partial charge in [0.1, 0.15) is 5.75 Å². The highest BCUT2D eigenvalue weighted by Gasteiger charge is 2.06. The zero-order valence-corrected chi connectivity index (χ0v) is 10.1.